The molecule has 0 aliphatic rings. The topological polar surface area (TPSA) is 56.0 Å². The molecule has 0 unspecified atom stereocenters. The third kappa shape index (κ3) is 3.81. The summed E-state index contributed by atoms with van der Waals surface area (Å²) in [6.45, 7) is 0. The second-order valence-corrected chi connectivity index (χ2v) is 6.54. The number of nitrogens with zero attached hydrogens (tertiary/aromatic N) is 2. The summed E-state index contributed by atoms with van der Waals surface area (Å²) >= 11 is 0. The first-order chi connectivity index (χ1) is 13.7. The average molecular weight is 366 g/mol. The molecule has 0 saturated heterocycles. The largest absolute Gasteiger partial charge is 0.272 e. The van der Waals surface area contributed by atoms with Gasteiger partial charge in [-0.2, -0.15) is 0 Å². The normalized spacial score (nSPS) is 10.6. The van der Waals surface area contributed by atoms with Crippen molar-refractivity contribution in [3.8, 4) is 22.5 Å². The lowest BCUT2D eigenvalue weighted by Gasteiger charge is -2.10. The standard InChI is InChI=1S/C24H18N2O2/c27-26(28)24-14-8-7-13-21(24)15-18-16-22(19-9-3-1-4-10-19)25-23(17-18)20-11-5-2-6-12-20/h1-14,16-17H,15H2. The van der Waals surface area contributed by atoms with Gasteiger partial charge < -0.3 is 0 Å². The number of aromatic nitrogens is 1. The minimum atomic E-state index is -0.327. The van der Waals surface area contributed by atoms with E-state index in [4.69, 9.17) is 4.98 Å². The lowest BCUT2D eigenvalue weighted by atomic mass is 9.99. The van der Waals surface area contributed by atoms with E-state index in [2.05, 4.69) is 0 Å². The number of nitro benzene ring substituents is 1. The molecule has 0 fully saturated rings. The molecule has 0 aliphatic carbocycles. The van der Waals surface area contributed by atoms with Crippen molar-refractivity contribution in [3.05, 3.63) is 118 Å². The summed E-state index contributed by atoms with van der Waals surface area (Å²) in [6.07, 6.45) is 0.472. The van der Waals surface area contributed by atoms with Gasteiger partial charge in [0.1, 0.15) is 0 Å². The highest BCUT2D eigenvalue weighted by Gasteiger charge is 2.14. The molecule has 1 heterocycles. The third-order valence-electron chi connectivity index (χ3n) is 4.61. The fraction of sp³-hybridized carbons (Fsp3) is 0.0417. The van der Waals surface area contributed by atoms with Crippen molar-refractivity contribution in [1.82, 2.24) is 4.98 Å². The van der Waals surface area contributed by atoms with Crippen LogP contribution in [-0.2, 0) is 6.42 Å². The van der Waals surface area contributed by atoms with Gasteiger partial charge in [-0.1, -0.05) is 78.9 Å². The molecule has 4 nitrogen and oxygen atoms in total. The van der Waals surface area contributed by atoms with Crippen LogP contribution in [0.1, 0.15) is 11.1 Å². The molecule has 0 saturated carbocycles. The molecule has 4 aromatic rings. The van der Waals surface area contributed by atoms with E-state index in [9.17, 15) is 10.1 Å². The Balaban J connectivity index is 1.82. The van der Waals surface area contributed by atoms with Gasteiger partial charge in [0.25, 0.3) is 5.69 Å². The van der Waals surface area contributed by atoms with Gasteiger partial charge in [0, 0.05) is 29.2 Å². The Labute approximate surface area is 163 Å². The quantitative estimate of drug-likeness (QED) is 0.326. The van der Waals surface area contributed by atoms with E-state index in [1.54, 1.807) is 12.1 Å². The zero-order chi connectivity index (χ0) is 19.3. The molecule has 1 aromatic heterocycles. The number of benzene rings is 3. The SMILES string of the molecule is O=[N+]([O-])c1ccccc1Cc1cc(-c2ccccc2)nc(-c2ccccc2)c1. The molecule has 0 amide bonds. The van der Waals surface area contributed by atoms with Crippen LogP contribution in [0, 0.1) is 10.1 Å². The molecule has 0 atom stereocenters. The first-order valence-corrected chi connectivity index (χ1v) is 9.05. The fourth-order valence-electron chi connectivity index (χ4n) is 3.26. The van der Waals surface area contributed by atoms with E-state index in [1.165, 1.54) is 0 Å². The van der Waals surface area contributed by atoms with Crippen LogP contribution >= 0.6 is 0 Å². The van der Waals surface area contributed by atoms with Crippen LogP contribution in [0.5, 0.6) is 0 Å². The summed E-state index contributed by atoms with van der Waals surface area (Å²) in [6, 6.07) is 30.8. The van der Waals surface area contributed by atoms with Gasteiger partial charge in [0.05, 0.1) is 16.3 Å². The molecule has 28 heavy (non-hydrogen) atoms. The smallest absolute Gasteiger partial charge is 0.258 e. The maximum Gasteiger partial charge on any atom is 0.272 e. The molecule has 136 valence electrons. The van der Waals surface area contributed by atoms with Gasteiger partial charge >= 0.3 is 0 Å². The summed E-state index contributed by atoms with van der Waals surface area (Å²) in [5, 5.41) is 11.4. The van der Waals surface area contributed by atoms with Crippen molar-refractivity contribution in [1.29, 1.82) is 0 Å². The minimum absolute atomic E-state index is 0.141. The highest BCUT2D eigenvalue weighted by atomic mass is 16.6. The molecule has 0 N–H and O–H groups in total. The first kappa shape index (κ1) is 17.6. The van der Waals surface area contributed by atoms with Gasteiger partial charge in [-0.05, 0) is 17.7 Å². The molecule has 4 heteroatoms. The zero-order valence-electron chi connectivity index (χ0n) is 15.2. The summed E-state index contributed by atoms with van der Waals surface area (Å²) in [7, 11) is 0. The van der Waals surface area contributed by atoms with E-state index in [0.29, 0.717) is 12.0 Å². The summed E-state index contributed by atoms with van der Waals surface area (Å²) < 4.78 is 0. The number of hydrogen-bond donors (Lipinski definition) is 0. The van der Waals surface area contributed by atoms with E-state index < -0.39 is 0 Å². The Morgan fingerprint density at radius 1 is 0.714 bits per heavy atom. The third-order valence-corrected chi connectivity index (χ3v) is 4.61. The molecular weight excluding hydrogens is 348 g/mol. The Bertz CT molecular complexity index is 1050. The van der Waals surface area contributed by atoms with Gasteiger partial charge in [-0.3, -0.25) is 10.1 Å². The van der Waals surface area contributed by atoms with Gasteiger partial charge in [0.2, 0.25) is 0 Å². The number of rotatable bonds is 5. The Morgan fingerprint density at radius 3 is 1.75 bits per heavy atom. The Hall–Kier alpha value is -3.79. The first-order valence-electron chi connectivity index (χ1n) is 9.05. The molecule has 0 bridgehead atoms. The van der Waals surface area contributed by atoms with Crippen molar-refractivity contribution in [3.63, 3.8) is 0 Å². The van der Waals surface area contributed by atoms with Crippen LogP contribution in [0.3, 0.4) is 0 Å². The van der Waals surface area contributed by atoms with Crippen molar-refractivity contribution in [2.75, 3.05) is 0 Å². The molecule has 4 rings (SSSR count). The number of nitro groups is 1. The van der Waals surface area contributed by atoms with Crippen LogP contribution in [0.15, 0.2) is 97.1 Å². The molecule has 3 aromatic carbocycles. The van der Waals surface area contributed by atoms with Gasteiger partial charge in [-0.25, -0.2) is 4.98 Å². The number of para-hydroxylation sites is 1. The summed E-state index contributed by atoms with van der Waals surface area (Å²) in [5.74, 6) is 0. The maximum absolute atomic E-state index is 11.4. The van der Waals surface area contributed by atoms with Crippen molar-refractivity contribution < 1.29 is 4.92 Å². The van der Waals surface area contributed by atoms with Crippen molar-refractivity contribution in [2.45, 2.75) is 6.42 Å². The summed E-state index contributed by atoms with van der Waals surface area (Å²) in [5.41, 5.74) is 5.57. The van der Waals surface area contributed by atoms with E-state index in [1.807, 2.05) is 84.9 Å². The molecule has 0 aliphatic heterocycles. The Morgan fingerprint density at radius 2 is 1.21 bits per heavy atom. The van der Waals surface area contributed by atoms with Crippen LogP contribution in [0.2, 0.25) is 0 Å². The highest BCUT2D eigenvalue weighted by Crippen LogP contribution is 2.28. The maximum atomic E-state index is 11.4. The number of pyridine rings is 1. The second kappa shape index (κ2) is 7.84. The van der Waals surface area contributed by atoms with Crippen molar-refractivity contribution >= 4 is 5.69 Å². The van der Waals surface area contributed by atoms with Gasteiger partial charge in [-0.15, -0.1) is 0 Å². The van der Waals surface area contributed by atoms with Gasteiger partial charge in [0.15, 0.2) is 0 Å². The molecule has 0 radical (unpaired) electrons. The van der Waals surface area contributed by atoms with Crippen LogP contribution in [0.25, 0.3) is 22.5 Å². The highest BCUT2D eigenvalue weighted by molar-refractivity contribution is 5.67. The van der Waals surface area contributed by atoms with Crippen LogP contribution in [-0.4, -0.2) is 9.91 Å². The fourth-order valence-corrected chi connectivity index (χ4v) is 3.26. The minimum Gasteiger partial charge on any atom is -0.258 e. The van der Waals surface area contributed by atoms with Crippen LogP contribution in [0.4, 0.5) is 5.69 Å². The lowest BCUT2D eigenvalue weighted by molar-refractivity contribution is -0.385. The summed E-state index contributed by atoms with van der Waals surface area (Å²) in [4.78, 5) is 15.9. The number of hydrogen-bond acceptors (Lipinski definition) is 3. The van der Waals surface area contributed by atoms with E-state index in [0.717, 1.165) is 28.1 Å². The Kier molecular flexibility index (Phi) is 4.93. The van der Waals surface area contributed by atoms with Crippen LogP contribution < -0.4 is 0 Å². The molecular formula is C24H18N2O2. The monoisotopic (exact) mass is 366 g/mol. The lowest BCUT2D eigenvalue weighted by Crippen LogP contribution is -1.98. The average Bonchev–Trinajstić information content (AvgIpc) is 2.75. The second-order valence-electron chi connectivity index (χ2n) is 6.54. The van der Waals surface area contributed by atoms with E-state index >= 15 is 0 Å². The zero-order valence-corrected chi connectivity index (χ0v) is 15.2. The van der Waals surface area contributed by atoms with Crippen molar-refractivity contribution in [2.24, 2.45) is 0 Å². The molecule has 0 spiro atoms. The predicted molar refractivity (Wildman–Crippen MR) is 111 cm³/mol. The van der Waals surface area contributed by atoms with E-state index in [-0.39, 0.29) is 10.6 Å². The predicted octanol–water partition coefficient (Wildman–Crippen LogP) is 5.91.